The lowest BCUT2D eigenvalue weighted by Crippen LogP contribution is -2.30. The minimum absolute atomic E-state index is 0.0718. The number of carbonyl (C=O) groups is 1. The van der Waals surface area contributed by atoms with Crippen molar-refractivity contribution in [3.8, 4) is 0 Å². The molecular formula is C9H19NO3. The van der Waals surface area contributed by atoms with Gasteiger partial charge in [0.05, 0.1) is 12.2 Å². The molecule has 1 unspecified atom stereocenters. The standard InChI is InChI=1S/C9H19NO3/c1-7(2)13-6-9(12)10-5-4-8(3)11/h7-8,11H,4-6H2,1-3H3,(H,10,12). The van der Waals surface area contributed by atoms with Crippen molar-refractivity contribution in [1.29, 1.82) is 0 Å². The first-order chi connectivity index (χ1) is 6.02. The van der Waals surface area contributed by atoms with Crippen molar-refractivity contribution in [2.45, 2.75) is 39.4 Å². The van der Waals surface area contributed by atoms with Crippen LogP contribution in [0.2, 0.25) is 0 Å². The highest BCUT2D eigenvalue weighted by atomic mass is 16.5. The third kappa shape index (κ3) is 9.30. The SMILES string of the molecule is CC(O)CCNC(=O)COC(C)C. The summed E-state index contributed by atoms with van der Waals surface area (Å²) >= 11 is 0. The van der Waals surface area contributed by atoms with Gasteiger partial charge in [0.1, 0.15) is 6.61 Å². The van der Waals surface area contributed by atoms with Crippen molar-refractivity contribution >= 4 is 5.91 Å². The molecule has 0 saturated carbocycles. The molecule has 4 heteroatoms. The minimum atomic E-state index is -0.369. The maximum atomic E-state index is 11.0. The molecule has 1 atom stereocenters. The van der Waals surface area contributed by atoms with Crippen LogP contribution >= 0.6 is 0 Å². The minimum Gasteiger partial charge on any atom is -0.393 e. The first kappa shape index (κ1) is 12.4. The second-order valence-corrected chi connectivity index (χ2v) is 3.35. The van der Waals surface area contributed by atoms with Gasteiger partial charge in [-0.2, -0.15) is 0 Å². The van der Waals surface area contributed by atoms with Crippen LogP contribution in [-0.2, 0) is 9.53 Å². The summed E-state index contributed by atoms with van der Waals surface area (Å²) in [7, 11) is 0. The van der Waals surface area contributed by atoms with E-state index in [0.717, 1.165) is 0 Å². The maximum absolute atomic E-state index is 11.0. The van der Waals surface area contributed by atoms with E-state index in [9.17, 15) is 4.79 Å². The number of carbonyl (C=O) groups excluding carboxylic acids is 1. The number of hydrogen-bond donors (Lipinski definition) is 2. The number of aliphatic hydroxyl groups excluding tert-OH is 1. The smallest absolute Gasteiger partial charge is 0.246 e. The van der Waals surface area contributed by atoms with Crippen LogP contribution in [0.1, 0.15) is 27.2 Å². The lowest BCUT2D eigenvalue weighted by molar-refractivity contribution is -0.127. The Hall–Kier alpha value is -0.610. The van der Waals surface area contributed by atoms with E-state index in [1.807, 2.05) is 13.8 Å². The van der Waals surface area contributed by atoms with Gasteiger partial charge in [0.15, 0.2) is 0 Å². The molecule has 0 aromatic heterocycles. The first-order valence-corrected chi connectivity index (χ1v) is 4.58. The predicted molar refractivity (Wildman–Crippen MR) is 50.4 cm³/mol. The van der Waals surface area contributed by atoms with E-state index in [-0.39, 0.29) is 24.7 Å². The largest absolute Gasteiger partial charge is 0.393 e. The molecule has 0 heterocycles. The topological polar surface area (TPSA) is 58.6 Å². The van der Waals surface area contributed by atoms with E-state index in [1.165, 1.54) is 0 Å². The Labute approximate surface area is 79.3 Å². The van der Waals surface area contributed by atoms with Crippen LogP contribution in [0, 0.1) is 0 Å². The zero-order valence-electron chi connectivity index (χ0n) is 8.54. The van der Waals surface area contributed by atoms with E-state index in [4.69, 9.17) is 9.84 Å². The molecule has 0 aliphatic heterocycles. The molecule has 0 saturated heterocycles. The van der Waals surface area contributed by atoms with Crippen molar-refractivity contribution in [3.05, 3.63) is 0 Å². The van der Waals surface area contributed by atoms with Crippen molar-refractivity contribution in [1.82, 2.24) is 5.32 Å². The summed E-state index contributed by atoms with van der Waals surface area (Å²) < 4.78 is 5.09. The third-order valence-electron chi connectivity index (χ3n) is 1.43. The van der Waals surface area contributed by atoms with Gasteiger partial charge in [0.2, 0.25) is 5.91 Å². The van der Waals surface area contributed by atoms with Gasteiger partial charge in [-0.3, -0.25) is 4.79 Å². The fraction of sp³-hybridized carbons (Fsp3) is 0.889. The summed E-state index contributed by atoms with van der Waals surface area (Å²) in [5.41, 5.74) is 0. The van der Waals surface area contributed by atoms with Gasteiger partial charge in [-0.05, 0) is 27.2 Å². The molecule has 0 aliphatic carbocycles. The normalized spacial score (nSPS) is 13.0. The number of ether oxygens (including phenoxy) is 1. The Kier molecular flexibility index (Phi) is 6.54. The van der Waals surface area contributed by atoms with Crippen LogP contribution in [0.25, 0.3) is 0 Å². The van der Waals surface area contributed by atoms with Crippen LogP contribution < -0.4 is 5.32 Å². The molecule has 78 valence electrons. The molecule has 0 spiro atoms. The lowest BCUT2D eigenvalue weighted by Gasteiger charge is -2.08. The number of amides is 1. The van der Waals surface area contributed by atoms with Gasteiger partial charge in [-0.25, -0.2) is 0 Å². The fourth-order valence-corrected chi connectivity index (χ4v) is 0.714. The van der Waals surface area contributed by atoms with Crippen molar-refractivity contribution in [2.75, 3.05) is 13.2 Å². The molecule has 0 radical (unpaired) electrons. The molecule has 0 aromatic carbocycles. The fourth-order valence-electron chi connectivity index (χ4n) is 0.714. The molecule has 0 aliphatic rings. The summed E-state index contributed by atoms with van der Waals surface area (Å²) in [5, 5.41) is 11.5. The van der Waals surface area contributed by atoms with E-state index in [1.54, 1.807) is 6.92 Å². The summed E-state index contributed by atoms with van der Waals surface area (Å²) in [4.78, 5) is 11.0. The Balaban J connectivity index is 3.30. The molecule has 4 nitrogen and oxygen atoms in total. The third-order valence-corrected chi connectivity index (χ3v) is 1.43. The van der Waals surface area contributed by atoms with Crippen LogP contribution in [0.5, 0.6) is 0 Å². The van der Waals surface area contributed by atoms with E-state index < -0.39 is 0 Å². The highest BCUT2D eigenvalue weighted by molar-refractivity contribution is 5.77. The second kappa shape index (κ2) is 6.86. The molecule has 13 heavy (non-hydrogen) atoms. The van der Waals surface area contributed by atoms with Gasteiger partial charge in [0, 0.05) is 6.54 Å². The first-order valence-electron chi connectivity index (χ1n) is 4.58. The molecule has 2 N–H and O–H groups in total. The molecule has 0 aromatic rings. The maximum Gasteiger partial charge on any atom is 0.246 e. The molecule has 0 bridgehead atoms. The number of aliphatic hydroxyl groups is 1. The monoisotopic (exact) mass is 189 g/mol. The second-order valence-electron chi connectivity index (χ2n) is 3.35. The van der Waals surface area contributed by atoms with Gasteiger partial charge in [-0.1, -0.05) is 0 Å². The van der Waals surface area contributed by atoms with Crippen LogP contribution in [0.15, 0.2) is 0 Å². The number of hydrogen-bond acceptors (Lipinski definition) is 3. The van der Waals surface area contributed by atoms with Crippen LogP contribution in [0.4, 0.5) is 0 Å². The van der Waals surface area contributed by atoms with Gasteiger partial charge in [0.25, 0.3) is 0 Å². The van der Waals surface area contributed by atoms with Crippen molar-refractivity contribution in [3.63, 3.8) is 0 Å². The van der Waals surface area contributed by atoms with Crippen LogP contribution in [-0.4, -0.2) is 36.4 Å². The number of nitrogens with one attached hydrogen (secondary N) is 1. The van der Waals surface area contributed by atoms with Gasteiger partial charge >= 0.3 is 0 Å². The highest BCUT2D eigenvalue weighted by Crippen LogP contribution is 1.88. The summed E-state index contributed by atoms with van der Waals surface area (Å²) in [5.74, 6) is -0.130. The Bertz CT molecular complexity index is 146. The molecule has 0 fully saturated rings. The van der Waals surface area contributed by atoms with Crippen LogP contribution in [0.3, 0.4) is 0 Å². The Morgan fingerprint density at radius 3 is 2.54 bits per heavy atom. The summed E-state index contributed by atoms with van der Waals surface area (Å²) in [6.45, 7) is 6.04. The predicted octanol–water partition coefficient (Wildman–Crippen LogP) is 0.298. The van der Waals surface area contributed by atoms with Crippen molar-refractivity contribution in [2.24, 2.45) is 0 Å². The Morgan fingerprint density at radius 1 is 1.46 bits per heavy atom. The number of rotatable bonds is 6. The summed E-state index contributed by atoms with van der Waals surface area (Å²) in [6.07, 6.45) is 0.279. The quantitative estimate of drug-likeness (QED) is 0.631. The van der Waals surface area contributed by atoms with E-state index in [0.29, 0.717) is 13.0 Å². The average molecular weight is 189 g/mol. The van der Waals surface area contributed by atoms with E-state index >= 15 is 0 Å². The summed E-state index contributed by atoms with van der Waals surface area (Å²) in [6, 6.07) is 0. The van der Waals surface area contributed by atoms with Gasteiger partial charge < -0.3 is 15.2 Å². The average Bonchev–Trinajstić information content (AvgIpc) is 2.00. The van der Waals surface area contributed by atoms with Gasteiger partial charge in [-0.15, -0.1) is 0 Å². The van der Waals surface area contributed by atoms with E-state index in [2.05, 4.69) is 5.32 Å². The zero-order valence-corrected chi connectivity index (χ0v) is 8.54. The lowest BCUT2D eigenvalue weighted by atomic mass is 10.3. The highest BCUT2D eigenvalue weighted by Gasteiger charge is 2.02. The Morgan fingerprint density at radius 2 is 2.08 bits per heavy atom. The molecule has 0 rings (SSSR count). The zero-order chi connectivity index (χ0) is 10.3. The van der Waals surface area contributed by atoms with Crippen molar-refractivity contribution < 1.29 is 14.6 Å². The molecule has 1 amide bonds. The molecular weight excluding hydrogens is 170 g/mol.